The number of hydrogen-bond acceptors (Lipinski definition) is 6. The number of ether oxygens (including phenoxy) is 2. The van der Waals surface area contributed by atoms with Crippen molar-refractivity contribution in [2.24, 2.45) is 0 Å². The summed E-state index contributed by atoms with van der Waals surface area (Å²) in [7, 11) is -5.05. The van der Waals surface area contributed by atoms with E-state index in [0.717, 1.165) is 0 Å². The molecule has 3 aromatic rings. The molecular formula is C23H22ClF6N4O6P. The predicted octanol–water partition coefficient (Wildman–Crippen LogP) is 4.88. The maximum absolute atomic E-state index is 13.4. The second-order valence-electron chi connectivity index (χ2n) is 9.10. The van der Waals surface area contributed by atoms with Gasteiger partial charge in [0.1, 0.15) is 5.82 Å². The van der Waals surface area contributed by atoms with Crippen LogP contribution in [-0.2, 0) is 32.9 Å². The Labute approximate surface area is 232 Å². The van der Waals surface area contributed by atoms with E-state index in [1.165, 1.54) is 19.1 Å². The molecule has 224 valence electrons. The molecular weight excluding hydrogens is 609 g/mol. The molecule has 0 spiro atoms. The Balaban J connectivity index is 1.68. The number of alkyl halides is 6. The average Bonchev–Trinajstić information content (AvgIpc) is 3.24. The summed E-state index contributed by atoms with van der Waals surface area (Å²) in [4.78, 5) is 34.5. The Bertz CT molecular complexity index is 1460. The van der Waals surface area contributed by atoms with E-state index in [2.05, 4.69) is 10.1 Å². The number of morpholine rings is 1. The second kappa shape index (κ2) is 11.5. The molecule has 3 N–H and O–H groups in total. The molecule has 1 aromatic heterocycles. The first-order valence-electron chi connectivity index (χ1n) is 11.7. The monoisotopic (exact) mass is 630 g/mol. The molecule has 4 rings (SSSR count). The third-order valence-electron chi connectivity index (χ3n) is 6.19. The van der Waals surface area contributed by atoms with Crippen LogP contribution in [0.4, 0.5) is 26.3 Å². The molecule has 1 saturated heterocycles. The lowest BCUT2D eigenvalue weighted by atomic mass is 10.0. The number of halogens is 7. The van der Waals surface area contributed by atoms with Crippen LogP contribution in [0.1, 0.15) is 47.1 Å². The Hall–Kier alpha value is -2.72. The van der Waals surface area contributed by atoms with Gasteiger partial charge in [0.15, 0.2) is 6.29 Å². The van der Waals surface area contributed by atoms with Crippen molar-refractivity contribution >= 4 is 19.3 Å². The first kappa shape index (κ1) is 31.2. The average molecular weight is 631 g/mol. The minimum atomic E-state index is -5.05. The van der Waals surface area contributed by atoms with Gasteiger partial charge in [-0.05, 0) is 48.4 Å². The van der Waals surface area contributed by atoms with Gasteiger partial charge in [0.25, 0.3) is 0 Å². The molecule has 0 saturated carbocycles. The molecule has 3 atom stereocenters. The van der Waals surface area contributed by atoms with Crippen molar-refractivity contribution in [1.82, 2.24) is 19.4 Å². The first-order valence-corrected chi connectivity index (χ1v) is 13.7. The van der Waals surface area contributed by atoms with Gasteiger partial charge in [-0.25, -0.2) is 9.36 Å². The fourth-order valence-electron chi connectivity index (χ4n) is 4.30. The van der Waals surface area contributed by atoms with Crippen LogP contribution >= 0.6 is 19.3 Å². The lowest BCUT2D eigenvalue weighted by Crippen LogP contribution is -2.46. The number of aromatic amines is 1. The summed E-state index contributed by atoms with van der Waals surface area (Å²) in [5, 5.41) is 4.02. The number of nitrogens with zero attached hydrogens (tertiary/aromatic N) is 3. The van der Waals surface area contributed by atoms with Gasteiger partial charge in [0.2, 0.25) is 0 Å². The molecule has 18 heteroatoms. The van der Waals surface area contributed by atoms with Crippen LogP contribution in [0, 0.1) is 0 Å². The zero-order chi connectivity index (χ0) is 30.3. The van der Waals surface area contributed by atoms with E-state index in [4.69, 9.17) is 21.1 Å². The molecule has 0 bridgehead atoms. The number of aromatic nitrogens is 3. The van der Waals surface area contributed by atoms with E-state index in [1.54, 1.807) is 17.0 Å². The number of H-pyrrole nitrogens is 1. The summed E-state index contributed by atoms with van der Waals surface area (Å²) in [6, 6.07) is 6.56. The quantitative estimate of drug-likeness (QED) is 0.249. The van der Waals surface area contributed by atoms with Gasteiger partial charge in [-0.1, -0.05) is 23.7 Å². The Kier molecular flexibility index (Phi) is 8.77. The highest BCUT2D eigenvalue weighted by atomic mass is 35.5. The molecule has 2 heterocycles. The number of nitrogens with one attached hydrogen (secondary N) is 1. The topological polar surface area (TPSA) is 130 Å². The van der Waals surface area contributed by atoms with Gasteiger partial charge in [-0.2, -0.15) is 26.3 Å². The number of rotatable bonds is 7. The molecule has 0 amide bonds. The summed E-state index contributed by atoms with van der Waals surface area (Å²) in [6.07, 6.45) is -12.7. The van der Waals surface area contributed by atoms with E-state index in [9.17, 15) is 45.5 Å². The smallest absolute Gasteiger partial charge is 0.349 e. The van der Waals surface area contributed by atoms with Crippen molar-refractivity contribution in [2.45, 2.75) is 44.3 Å². The summed E-state index contributed by atoms with van der Waals surface area (Å²) < 4.78 is 104. The Morgan fingerprint density at radius 3 is 2.22 bits per heavy atom. The highest BCUT2D eigenvalue weighted by Crippen LogP contribution is 2.40. The van der Waals surface area contributed by atoms with Gasteiger partial charge in [-0.3, -0.25) is 9.88 Å². The Morgan fingerprint density at radius 1 is 1.12 bits per heavy atom. The highest BCUT2D eigenvalue weighted by molar-refractivity contribution is 7.49. The van der Waals surface area contributed by atoms with E-state index < -0.39 is 60.9 Å². The molecule has 1 fully saturated rings. The summed E-state index contributed by atoms with van der Waals surface area (Å²) in [5.41, 5.74) is -4.03. The van der Waals surface area contributed by atoms with Crippen molar-refractivity contribution in [1.29, 1.82) is 0 Å². The second-order valence-corrected chi connectivity index (χ2v) is 10.9. The van der Waals surface area contributed by atoms with Crippen LogP contribution in [0.3, 0.4) is 0 Å². The van der Waals surface area contributed by atoms with Gasteiger partial charge in [0.05, 0.1) is 36.4 Å². The SMILES string of the molecule is C[C@H](O[C@H]1OCCN(Cc2nn(P(=O)(O)O)c(=O)[nH]2)[C@H]1c1ccc(Cl)cc1)c1cc(C(F)(F)F)cc(C(F)(F)F)c1. The molecule has 0 radical (unpaired) electrons. The fourth-order valence-corrected chi connectivity index (χ4v) is 4.94. The number of hydrogen-bond donors (Lipinski definition) is 3. The van der Waals surface area contributed by atoms with Crippen LogP contribution < -0.4 is 5.69 Å². The zero-order valence-corrected chi connectivity index (χ0v) is 22.5. The molecule has 0 aliphatic carbocycles. The fraction of sp³-hybridized carbons (Fsp3) is 0.391. The standard InChI is InChI=1S/C23H22ClF6N4O6P/c1-12(14-8-15(22(25,26)27)10-16(9-14)23(28,29)30)40-20-19(13-2-4-17(24)5-3-13)33(6-7-39-20)11-18-31-21(35)34(32-18)41(36,37)38/h2-5,8-10,12,19-20H,6-7,11H2,1H3,(H,31,32,35)(H2,36,37,38)/t12-,19-,20+/m0/s1. The molecule has 10 nitrogen and oxygen atoms in total. The Morgan fingerprint density at radius 2 is 1.71 bits per heavy atom. The zero-order valence-electron chi connectivity index (χ0n) is 20.9. The summed E-state index contributed by atoms with van der Waals surface area (Å²) in [5.74, 6) is -0.126. The van der Waals surface area contributed by atoms with Crippen LogP contribution in [0.2, 0.25) is 5.02 Å². The minimum Gasteiger partial charge on any atom is -0.349 e. The van der Waals surface area contributed by atoms with Crippen LogP contribution in [0.5, 0.6) is 0 Å². The van der Waals surface area contributed by atoms with E-state index in [0.29, 0.717) is 22.7 Å². The molecule has 1 aliphatic rings. The van der Waals surface area contributed by atoms with Crippen LogP contribution in [0.25, 0.3) is 0 Å². The van der Waals surface area contributed by atoms with Crippen molar-refractivity contribution in [3.8, 4) is 0 Å². The largest absolute Gasteiger partial charge is 0.454 e. The third kappa shape index (κ3) is 7.38. The van der Waals surface area contributed by atoms with Gasteiger partial charge < -0.3 is 19.3 Å². The van der Waals surface area contributed by atoms with Crippen LogP contribution in [-0.4, -0.2) is 48.7 Å². The van der Waals surface area contributed by atoms with E-state index in [-0.39, 0.29) is 36.0 Å². The third-order valence-corrected chi connectivity index (χ3v) is 7.21. The van der Waals surface area contributed by atoms with E-state index >= 15 is 0 Å². The summed E-state index contributed by atoms with van der Waals surface area (Å²) in [6.45, 7) is 1.25. The molecule has 0 unspecified atom stereocenters. The van der Waals surface area contributed by atoms with Crippen LogP contribution in [0.15, 0.2) is 47.3 Å². The van der Waals surface area contributed by atoms with Gasteiger partial charge in [-0.15, -0.1) is 9.55 Å². The predicted molar refractivity (Wildman–Crippen MR) is 131 cm³/mol. The maximum atomic E-state index is 13.4. The first-order chi connectivity index (χ1) is 18.9. The number of benzene rings is 2. The molecule has 41 heavy (non-hydrogen) atoms. The van der Waals surface area contributed by atoms with E-state index in [1.807, 2.05) is 0 Å². The highest BCUT2D eigenvalue weighted by Gasteiger charge is 2.39. The molecule has 1 aliphatic heterocycles. The van der Waals surface area contributed by atoms with Gasteiger partial charge >= 0.3 is 25.8 Å². The lowest BCUT2D eigenvalue weighted by Gasteiger charge is -2.41. The van der Waals surface area contributed by atoms with Gasteiger partial charge in [0, 0.05) is 11.6 Å². The maximum Gasteiger partial charge on any atom is 0.454 e. The normalized spacial score (nSPS) is 19.9. The van der Waals surface area contributed by atoms with Crippen molar-refractivity contribution in [2.75, 3.05) is 13.2 Å². The van der Waals surface area contributed by atoms with Crippen molar-refractivity contribution < 1.29 is 50.2 Å². The van der Waals surface area contributed by atoms with Crippen molar-refractivity contribution in [3.05, 3.63) is 86.0 Å². The summed E-state index contributed by atoms with van der Waals surface area (Å²) >= 11 is 6.00. The molecule has 2 aromatic carbocycles. The minimum absolute atomic E-state index is 0.0119. The van der Waals surface area contributed by atoms with Crippen molar-refractivity contribution in [3.63, 3.8) is 0 Å². The lowest BCUT2D eigenvalue weighted by molar-refractivity contribution is -0.231.